The molecule has 0 heterocycles. The molecule has 1 radical (unpaired) electrons. The second-order valence-electron chi connectivity index (χ2n) is 0.289. The summed E-state index contributed by atoms with van der Waals surface area (Å²) in [4.78, 5) is 0. The normalized spacial score (nSPS) is 4.50. The van der Waals surface area contributed by atoms with Crippen molar-refractivity contribution in [1.82, 2.24) is 0 Å². The van der Waals surface area contributed by atoms with E-state index >= 15 is 0 Å². The van der Waals surface area contributed by atoms with Gasteiger partial charge in [-0.05, 0) is 0 Å². The third kappa shape index (κ3) is 53.9. The molecule has 0 N–H and O–H groups in total. The molecule has 0 amide bonds. The number of hydrogen-bond acceptors (Lipinski definition) is 3. The average molecular weight is 226 g/mol. The molecule has 0 rings (SSSR count). The largest absolute Gasteiger partial charge is 2.00 e. The van der Waals surface area contributed by atoms with E-state index in [0.29, 0.717) is 0 Å². The Morgan fingerprint density at radius 1 is 1.00 bits per heavy atom. The summed E-state index contributed by atoms with van der Waals surface area (Å²) in [7, 11) is -2.92. The minimum atomic E-state index is -2.92. The van der Waals surface area contributed by atoms with Crippen LogP contribution in [0.15, 0.2) is 0 Å². The minimum absolute atomic E-state index is 0. The number of rotatable bonds is 0. The molecule has 29 valence electrons. The van der Waals surface area contributed by atoms with Crippen LogP contribution in [0.2, 0.25) is 0 Å². The van der Waals surface area contributed by atoms with Gasteiger partial charge in [0.1, 0.15) is 0 Å². The van der Waals surface area contributed by atoms with Crippen molar-refractivity contribution in [1.29, 1.82) is 0 Å². The van der Waals surface area contributed by atoms with E-state index in [1.807, 2.05) is 0 Å². The van der Waals surface area contributed by atoms with Crippen molar-refractivity contribution in [3.05, 3.63) is 0 Å². The van der Waals surface area contributed by atoms with Crippen LogP contribution in [0, 0.1) is 0 Å². The SMILES string of the molecule is [Cd+2].[Mn+2].[O-]B([O-])[O-]. The van der Waals surface area contributed by atoms with Gasteiger partial charge in [0.2, 0.25) is 0 Å². The van der Waals surface area contributed by atoms with Gasteiger partial charge < -0.3 is 15.1 Å². The summed E-state index contributed by atoms with van der Waals surface area (Å²) >= 11 is 0. The van der Waals surface area contributed by atoms with Crippen LogP contribution in [0.1, 0.15) is 0 Å². The van der Waals surface area contributed by atoms with E-state index < -0.39 is 7.32 Å². The average Bonchev–Trinajstić information content (AvgIpc) is 0.811. The molecule has 0 saturated heterocycles. The summed E-state index contributed by atoms with van der Waals surface area (Å²) in [6.07, 6.45) is 0. The quantitative estimate of drug-likeness (QED) is 0.396. The Bertz CT molecular complexity index is 15.5. The fourth-order valence-electron chi connectivity index (χ4n) is 0. The Hall–Kier alpha value is 1.39. The Balaban J connectivity index is -0.0000000450. The first-order valence-corrected chi connectivity index (χ1v) is 0.707. The second-order valence-corrected chi connectivity index (χ2v) is 0.289. The van der Waals surface area contributed by atoms with E-state index in [4.69, 9.17) is 15.1 Å². The molecule has 0 aromatic rings. The summed E-state index contributed by atoms with van der Waals surface area (Å²) < 4.78 is 0. The Labute approximate surface area is 66.6 Å². The maximum Gasteiger partial charge on any atom is 2.00 e. The van der Waals surface area contributed by atoms with Gasteiger partial charge in [-0.3, -0.25) is 7.32 Å². The molecule has 0 aliphatic rings. The van der Waals surface area contributed by atoms with Crippen LogP contribution in [0.25, 0.3) is 0 Å². The molecule has 0 aromatic carbocycles. The number of hydrogen-bond donors (Lipinski definition) is 0. The van der Waals surface area contributed by atoms with Crippen molar-refractivity contribution in [3.8, 4) is 0 Å². The zero-order chi connectivity index (χ0) is 3.58. The maximum atomic E-state index is 8.42. The van der Waals surface area contributed by atoms with Crippen molar-refractivity contribution < 1.29 is 59.4 Å². The maximum absolute atomic E-state index is 8.42. The molecule has 0 bridgehead atoms. The molecule has 0 aromatic heterocycles. The smallest absolute Gasteiger partial charge is 0.907 e. The van der Waals surface area contributed by atoms with E-state index in [9.17, 15) is 0 Å². The molecular weight excluding hydrogens is 226 g/mol. The summed E-state index contributed by atoms with van der Waals surface area (Å²) in [6, 6.07) is 0. The zero-order valence-electron chi connectivity index (χ0n) is 2.89. The molecular formula is BCdMnO3+. The van der Waals surface area contributed by atoms with Crippen LogP contribution in [-0.4, -0.2) is 7.32 Å². The van der Waals surface area contributed by atoms with Crippen LogP contribution in [-0.2, 0) is 44.4 Å². The predicted octanol–water partition coefficient (Wildman–Crippen LogP) is -3.95. The van der Waals surface area contributed by atoms with Gasteiger partial charge in [0.15, 0.2) is 0 Å². The molecule has 0 atom stereocenters. The van der Waals surface area contributed by atoms with Gasteiger partial charge >= 0.3 is 44.4 Å². The van der Waals surface area contributed by atoms with E-state index in [-0.39, 0.29) is 44.4 Å². The van der Waals surface area contributed by atoms with Crippen molar-refractivity contribution in [3.63, 3.8) is 0 Å². The summed E-state index contributed by atoms with van der Waals surface area (Å²) in [5, 5.41) is 25.2. The minimum Gasteiger partial charge on any atom is -0.907 e. The zero-order valence-corrected chi connectivity index (χ0v) is 8.10. The Morgan fingerprint density at radius 3 is 1.00 bits per heavy atom. The van der Waals surface area contributed by atoms with E-state index in [1.54, 1.807) is 0 Å². The van der Waals surface area contributed by atoms with Gasteiger partial charge in [0.05, 0.1) is 0 Å². The van der Waals surface area contributed by atoms with E-state index in [1.165, 1.54) is 0 Å². The fraction of sp³-hybridized carbons (Fsp3) is 0. The van der Waals surface area contributed by atoms with Crippen LogP contribution < -0.4 is 15.1 Å². The van der Waals surface area contributed by atoms with Crippen LogP contribution in [0.5, 0.6) is 0 Å². The fourth-order valence-corrected chi connectivity index (χ4v) is 0. The summed E-state index contributed by atoms with van der Waals surface area (Å²) in [6.45, 7) is 0. The first-order chi connectivity index (χ1) is 1.73. The Morgan fingerprint density at radius 2 is 1.00 bits per heavy atom. The first kappa shape index (κ1) is 15.7. The predicted molar refractivity (Wildman–Crippen MR) is 5.75 cm³/mol. The van der Waals surface area contributed by atoms with Crippen molar-refractivity contribution in [2.75, 3.05) is 0 Å². The van der Waals surface area contributed by atoms with Crippen LogP contribution >= 0.6 is 0 Å². The third-order valence-corrected chi connectivity index (χ3v) is 0. The van der Waals surface area contributed by atoms with Gasteiger partial charge in [-0.2, -0.15) is 0 Å². The van der Waals surface area contributed by atoms with Gasteiger partial charge in [-0.15, -0.1) is 0 Å². The van der Waals surface area contributed by atoms with Gasteiger partial charge in [-0.1, -0.05) is 0 Å². The van der Waals surface area contributed by atoms with E-state index in [0.717, 1.165) is 0 Å². The van der Waals surface area contributed by atoms with Gasteiger partial charge in [-0.25, -0.2) is 0 Å². The molecule has 0 spiro atoms. The molecule has 0 aliphatic heterocycles. The van der Waals surface area contributed by atoms with E-state index in [2.05, 4.69) is 0 Å². The topological polar surface area (TPSA) is 69.2 Å². The van der Waals surface area contributed by atoms with Crippen LogP contribution in [0.3, 0.4) is 0 Å². The molecule has 6 heavy (non-hydrogen) atoms. The molecule has 0 saturated carbocycles. The standard InChI is InChI=1S/BO3.Cd.Mn/c2-1(3)4;;/q-3;2*+2. The molecule has 0 aliphatic carbocycles. The van der Waals surface area contributed by atoms with Crippen LogP contribution in [0.4, 0.5) is 0 Å². The molecule has 0 unspecified atom stereocenters. The van der Waals surface area contributed by atoms with Crippen molar-refractivity contribution in [2.24, 2.45) is 0 Å². The third-order valence-electron chi connectivity index (χ3n) is 0. The van der Waals surface area contributed by atoms with Gasteiger partial charge in [0, 0.05) is 0 Å². The molecule has 6 heteroatoms. The molecule has 3 nitrogen and oxygen atoms in total. The Kier molecular flexibility index (Phi) is 25.1. The monoisotopic (exact) mass is 228 g/mol. The summed E-state index contributed by atoms with van der Waals surface area (Å²) in [5.74, 6) is 0. The van der Waals surface area contributed by atoms with Crippen molar-refractivity contribution in [2.45, 2.75) is 0 Å². The molecule has 0 fully saturated rings. The second kappa shape index (κ2) is 9.63. The first-order valence-electron chi connectivity index (χ1n) is 0.707. The van der Waals surface area contributed by atoms with Gasteiger partial charge in [0.25, 0.3) is 0 Å². The van der Waals surface area contributed by atoms with Crippen molar-refractivity contribution >= 4 is 7.32 Å². The summed E-state index contributed by atoms with van der Waals surface area (Å²) in [5.41, 5.74) is 0.